The molecule has 0 atom stereocenters. The number of anilines is 3. The van der Waals surface area contributed by atoms with Gasteiger partial charge in [-0.2, -0.15) is 5.10 Å². The summed E-state index contributed by atoms with van der Waals surface area (Å²) in [5, 5.41) is 7.37. The third-order valence-corrected chi connectivity index (χ3v) is 3.95. The van der Waals surface area contributed by atoms with Crippen LogP contribution >= 0.6 is 0 Å². The van der Waals surface area contributed by atoms with Crippen LogP contribution in [0.1, 0.15) is 10.4 Å². The lowest BCUT2D eigenvalue weighted by atomic mass is 10.1. The SMILES string of the molecule is CN(C)c1cccc(C(=O)Nc2cc(-c3ccc(N)cc3)nn2C)c1. The van der Waals surface area contributed by atoms with Crippen LogP contribution in [0, 0.1) is 0 Å². The number of carbonyl (C=O) groups is 1. The van der Waals surface area contributed by atoms with Crippen molar-refractivity contribution in [3.63, 3.8) is 0 Å². The molecule has 0 aliphatic heterocycles. The molecular weight excluding hydrogens is 314 g/mol. The fourth-order valence-electron chi connectivity index (χ4n) is 2.49. The predicted molar refractivity (Wildman–Crippen MR) is 102 cm³/mol. The summed E-state index contributed by atoms with van der Waals surface area (Å²) < 4.78 is 1.65. The van der Waals surface area contributed by atoms with E-state index in [9.17, 15) is 4.79 Å². The fraction of sp³-hybridized carbons (Fsp3) is 0.158. The van der Waals surface area contributed by atoms with Gasteiger partial charge in [-0.3, -0.25) is 9.48 Å². The molecule has 3 aromatic rings. The smallest absolute Gasteiger partial charge is 0.256 e. The van der Waals surface area contributed by atoms with Gasteiger partial charge in [0.2, 0.25) is 0 Å². The summed E-state index contributed by atoms with van der Waals surface area (Å²) in [4.78, 5) is 14.5. The van der Waals surface area contributed by atoms with Crippen molar-refractivity contribution in [3.8, 4) is 11.3 Å². The summed E-state index contributed by atoms with van der Waals surface area (Å²) in [6, 6.07) is 16.8. The van der Waals surface area contributed by atoms with Crippen molar-refractivity contribution in [2.75, 3.05) is 30.0 Å². The van der Waals surface area contributed by atoms with E-state index < -0.39 is 0 Å². The van der Waals surface area contributed by atoms with E-state index in [2.05, 4.69) is 10.4 Å². The number of amides is 1. The lowest BCUT2D eigenvalue weighted by Gasteiger charge is -2.13. The predicted octanol–water partition coefficient (Wildman–Crippen LogP) is 2.99. The van der Waals surface area contributed by atoms with Crippen LogP contribution in [-0.4, -0.2) is 29.8 Å². The summed E-state index contributed by atoms with van der Waals surface area (Å²) in [5.74, 6) is 0.461. The number of nitrogens with two attached hydrogens (primary N) is 1. The Balaban J connectivity index is 1.82. The van der Waals surface area contributed by atoms with E-state index in [4.69, 9.17) is 5.73 Å². The molecule has 3 N–H and O–H groups in total. The molecule has 0 bridgehead atoms. The van der Waals surface area contributed by atoms with Gasteiger partial charge in [0.1, 0.15) is 5.82 Å². The first kappa shape index (κ1) is 16.6. The zero-order valence-corrected chi connectivity index (χ0v) is 14.5. The third kappa shape index (κ3) is 3.63. The standard InChI is InChI=1S/C19H21N5O/c1-23(2)16-6-4-5-14(11-16)19(25)21-18-12-17(22-24(18)3)13-7-9-15(20)10-8-13/h4-12H,20H2,1-3H3,(H,21,25). The number of nitrogen functional groups attached to an aromatic ring is 1. The van der Waals surface area contributed by atoms with Gasteiger partial charge in [0, 0.05) is 49.7 Å². The topological polar surface area (TPSA) is 76.2 Å². The highest BCUT2D eigenvalue weighted by Crippen LogP contribution is 2.23. The quantitative estimate of drug-likeness (QED) is 0.719. The zero-order chi connectivity index (χ0) is 18.0. The first-order valence-electron chi connectivity index (χ1n) is 7.93. The monoisotopic (exact) mass is 335 g/mol. The van der Waals surface area contributed by atoms with Gasteiger partial charge in [-0.1, -0.05) is 18.2 Å². The summed E-state index contributed by atoms with van der Waals surface area (Å²) >= 11 is 0. The summed E-state index contributed by atoms with van der Waals surface area (Å²) in [6.07, 6.45) is 0. The lowest BCUT2D eigenvalue weighted by molar-refractivity contribution is 0.102. The number of nitrogens with zero attached hydrogens (tertiary/aromatic N) is 3. The molecule has 128 valence electrons. The van der Waals surface area contributed by atoms with Crippen molar-refractivity contribution in [3.05, 3.63) is 60.2 Å². The van der Waals surface area contributed by atoms with Crippen LogP contribution in [0.2, 0.25) is 0 Å². The minimum Gasteiger partial charge on any atom is -0.399 e. The van der Waals surface area contributed by atoms with Crippen LogP contribution in [0.15, 0.2) is 54.6 Å². The van der Waals surface area contributed by atoms with Gasteiger partial charge in [0.25, 0.3) is 5.91 Å². The highest BCUT2D eigenvalue weighted by molar-refractivity contribution is 6.04. The molecule has 6 heteroatoms. The molecule has 3 rings (SSSR count). The van der Waals surface area contributed by atoms with Crippen molar-refractivity contribution in [1.29, 1.82) is 0 Å². The molecule has 1 heterocycles. The van der Waals surface area contributed by atoms with Gasteiger partial charge in [-0.25, -0.2) is 0 Å². The van der Waals surface area contributed by atoms with Gasteiger partial charge in [0.15, 0.2) is 0 Å². The molecule has 0 aliphatic carbocycles. The molecule has 0 saturated carbocycles. The van der Waals surface area contributed by atoms with Crippen LogP contribution in [0.25, 0.3) is 11.3 Å². The van der Waals surface area contributed by atoms with Gasteiger partial charge in [-0.15, -0.1) is 0 Å². The van der Waals surface area contributed by atoms with Crippen molar-refractivity contribution in [2.24, 2.45) is 7.05 Å². The van der Waals surface area contributed by atoms with E-state index in [0.717, 1.165) is 16.9 Å². The largest absolute Gasteiger partial charge is 0.399 e. The number of carbonyl (C=O) groups excluding carboxylic acids is 1. The Kier molecular flexibility index (Phi) is 4.43. The highest BCUT2D eigenvalue weighted by Gasteiger charge is 2.12. The zero-order valence-electron chi connectivity index (χ0n) is 14.5. The van der Waals surface area contributed by atoms with Crippen molar-refractivity contribution >= 4 is 23.1 Å². The average molecular weight is 335 g/mol. The third-order valence-electron chi connectivity index (χ3n) is 3.95. The Morgan fingerprint density at radius 2 is 1.84 bits per heavy atom. The molecule has 6 nitrogen and oxygen atoms in total. The van der Waals surface area contributed by atoms with Crippen LogP contribution in [0.3, 0.4) is 0 Å². The Hall–Kier alpha value is -3.28. The molecule has 0 unspecified atom stereocenters. The maximum Gasteiger partial charge on any atom is 0.256 e. The Morgan fingerprint density at radius 1 is 1.12 bits per heavy atom. The number of benzene rings is 2. The van der Waals surface area contributed by atoms with Crippen LogP contribution < -0.4 is 16.0 Å². The second kappa shape index (κ2) is 6.68. The maximum absolute atomic E-state index is 12.5. The van der Waals surface area contributed by atoms with Crippen LogP contribution in [-0.2, 0) is 7.05 Å². The molecule has 1 aromatic heterocycles. The summed E-state index contributed by atoms with van der Waals surface area (Å²) in [7, 11) is 5.68. The Morgan fingerprint density at radius 3 is 2.52 bits per heavy atom. The normalized spacial score (nSPS) is 10.5. The van der Waals surface area contributed by atoms with E-state index in [1.807, 2.05) is 67.5 Å². The van der Waals surface area contributed by atoms with Crippen LogP contribution in [0.5, 0.6) is 0 Å². The van der Waals surface area contributed by atoms with Gasteiger partial charge < -0.3 is 16.0 Å². The first-order chi connectivity index (χ1) is 11.9. The Bertz CT molecular complexity index is 896. The average Bonchev–Trinajstić information content (AvgIpc) is 2.96. The van der Waals surface area contributed by atoms with Crippen molar-refractivity contribution < 1.29 is 4.79 Å². The maximum atomic E-state index is 12.5. The van der Waals surface area contributed by atoms with E-state index in [-0.39, 0.29) is 5.91 Å². The molecule has 0 spiro atoms. The van der Waals surface area contributed by atoms with Crippen molar-refractivity contribution in [2.45, 2.75) is 0 Å². The number of nitrogens with one attached hydrogen (secondary N) is 1. The van der Waals surface area contributed by atoms with Gasteiger partial charge in [-0.05, 0) is 30.3 Å². The summed E-state index contributed by atoms with van der Waals surface area (Å²) in [5.41, 5.74) is 9.71. The van der Waals surface area contributed by atoms with E-state index in [1.165, 1.54) is 0 Å². The van der Waals surface area contributed by atoms with Gasteiger partial charge in [0.05, 0.1) is 5.69 Å². The fourth-order valence-corrected chi connectivity index (χ4v) is 2.49. The van der Waals surface area contributed by atoms with E-state index in [0.29, 0.717) is 17.1 Å². The minimum atomic E-state index is -0.171. The molecule has 0 radical (unpaired) electrons. The number of rotatable bonds is 4. The number of hydrogen-bond acceptors (Lipinski definition) is 4. The second-order valence-electron chi connectivity index (χ2n) is 6.06. The number of hydrogen-bond donors (Lipinski definition) is 2. The first-order valence-corrected chi connectivity index (χ1v) is 7.93. The highest BCUT2D eigenvalue weighted by atomic mass is 16.1. The molecule has 1 amide bonds. The van der Waals surface area contributed by atoms with E-state index in [1.54, 1.807) is 17.8 Å². The molecular formula is C19H21N5O. The van der Waals surface area contributed by atoms with Crippen molar-refractivity contribution in [1.82, 2.24) is 9.78 Å². The Labute approximate surface area is 146 Å². The van der Waals surface area contributed by atoms with E-state index >= 15 is 0 Å². The molecule has 25 heavy (non-hydrogen) atoms. The molecule has 2 aromatic carbocycles. The minimum absolute atomic E-state index is 0.171. The second-order valence-corrected chi connectivity index (χ2v) is 6.06. The summed E-state index contributed by atoms with van der Waals surface area (Å²) in [6.45, 7) is 0. The van der Waals surface area contributed by atoms with Crippen LogP contribution in [0.4, 0.5) is 17.2 Å². The lowest BCUT2D eigenvalue weighted by Crippen LogP contribution is -2.16. The molecule has 0 aliphatic rings. The number of aryl methyl sites for hydroxylation is 1. The number of aromatic nitrogens is 2. The van der Waals surface area contributed by atoms with Gasteiger partial charge >= 0.3 is 0 Å². The molecule has 0 fully saturated rings. The molecule has 0 saturated heterocycles.